The van der Waals surface area contributed by atoms with Crippen molar-refractivity contribution in [3.8, 4) is 22.8 Å². The third kappa shape index (κ3) is 7.52. The van der Waals surface area contributed by atoms with Crippen LogP contribution in [-0.2, 0) is 9.53 Å². The van der Waals surface area contributed by atoms with Gasteiger partial charge in [0.1, 0.15) is 12.1 Å². The molecular weight excluding hydrogens is 609 g/mol. The van der Waals surface area contributed by atoms with E-state index in [1.54, 1.807) is 25.1 Å². The number of aromatic nitrogens is 3. The maximum Gasteiger partial charge on any atom is 0.573 e. The third-order valence-electron chi connectivity index (χ3n) is 6.80. The van der Waals surface area contributed by atoms with Crippen molar-refractivity contribution in [2.45, 2.75) is 40.2 Å². The monoisotopic (exact) mass is 638 g/mol. The normalized spacial score (nSPS) is 15.0. The molecule has 14 heteroatoms. The molecule has 1 aliphatic heterocycles. The van der Waals surface area contributed by atoms with Crippen LogP contribution in [0.4, 0.5) is 29.3 Å². The van der Waals surface area contributed by atoms with Crippen LogP contribution in [0.1, 0.15) is 36.6 Å². The van der Waals surface area contributed by atoms with Crippen LogP contribution in [0.15, 0.2) is 72.0 Å². The molecule has 1 N–H and O–H groups in total. The highest BCUT2D eigenvalue weighted by atomic mass is 32.2. The topological polar surface area (TPSA) is 111 Å². The minimum Gasteiger partial charge on any atom is -0.406 e. The molecular formula is C31H29F3N6O4S. The fourth-order valence-corrected chi connectivity index (χ4v) is 5.56. The van der Waals surface area contributed by atoms with Crippen LogP contribution in [0.2, 0.25) is 0 Å². The molecule has 1 unspecified atom stereocenters. The van der Waals surface area contributed by atoms with Gasteiger partial charge in [0.25, 0.3) is 0 Å². The number of hydrogen-bond donors (Lipinski definition) is 1. The van der Waals surface area contributed by atoms with Crippen LogP contribution in [0.5, 0.6) is 5.75 Å². The van der Waals surface area contributed by atoms with Crippen molar-refractivity contribution in [2.24, 2.45) is 4.99 Å². The van der Waals surface area contributed by atoms with E-state index in [2.05, 4.69) is 25.1 Å². The van der Waals surface area contributed by atoms with Crippen molar-refractivity contribution in [3.63, 3.8) is 0 Å². The van der Waals surface area contributed by atoms with E-state index in [9.17, 15) is 22.8 Å². The molecule has 10 nitrogen and oxygen atoms in total. The van der Waals surface area contributed by atoms with Gasteiger partial charge >= 0.3 is 12.4 Å². The summed E-state index contributed by atoms with van der Waals surface area (Å²) in [6.07, 6.45) is -3.57. The van der Waals surface area contributed by atoms with Crippen molar-refractivity contribution in [2.75, 3.05) is 22.6 Å². The Kier molecular flexibility index (Phi) is 9.25. The Bertz CT molecular complexity index is 1760. The zero-order valence-electron chi connectivity index (χ0n) is 24.8. The van der Waals surface area contributed by atoms with Gasteiger partial charge in [-0.15, -0.1) is 18.3 Å². The molecule has 0 radical (unpaired) electrons. The molecule has 0 saturated carbocycles. The number of aliphatic imine (C=N–C) groups is 1. The maximum atomic E-state index is 13.0. The Labute approximate surface area is 261 Å². The zero-order chi connectivity index (χ0) is 32.3. The number of carbonyl (C=O) groups excluding carboxylic acids is 2. The number of rotatable bonds is 8. The van der Waals surface area contributed by atoms with E-state index in [0.29, 0.717) is 40.6 Å². The van der Waals surface area contributed by atoms with Crippen molar-refractivity contribution in [3.05, 3.63) is 83.7 Å². The molecule has 5 rings (SSSR count). The van der Waals surface area contributed by atoms with E-state index < -0.39 is 12.4 Å². The smallest absolute Gasteiger partial charge is 0.406 e. The van der Waals surface area contributed by atoms with Crippen molar-refractivity contribution in [1.29, 1.82) is 0 Å². The number of amidine groups is 1. The van der Waals surface area contributed by atoms with Gasteiger partial charge in [-0.1, -0.05) is 23.9 Å². The first-order valence-electron chi connectivity index (χ1n) is 13.9. The summed E-state index contributed by atoms with van der Waals surface area (Å²) in [7, 11) is 0. The number of nitrogens with one attached hydrogen (secondary N) is 1. The number of amides is 3. The minimum absolute atomic E-state index is 0.154. The van der Waals surface area contributed by atoms with E-state index in [-0.39, 0.29) is 28.7 Å². The molecule has 1 atom stereocenters. The summed E-state index contributed by atoms with van der Waals surface area (Å²) in [6.45, 7) is 8.05. The van der Waals surface area contributed by atoms with Crippen LogP contribution in [-0.4, -0.2) is 50.6 Å². The molecule has 0 aliphatic carbocycles. The highest BCUT2D eigenvalue weighted by Crippen LogP contribution is 2.35. The number of hydrogen-bond acceptors (Lipinski definition) is 7. The van der Waals surface area contributed by atoms with E-state index in [1.807, 2.05) is 39.0 Å². The van der Waals surface area contributed by atoms with Gasteiger partial charge in [-0.05, 0) is 87.4 Å². The Balaban J connectivity index is 1.31. The standard InChI is InChI=1S/C31H29F3N6O4S/c1-5-43-20(4)24-12-6-18(2)14-26(24)40-27(41)16-45-30(40)37-29(42)36-25-13-9-22(15-19(25)3)39-17-35-28(38-39)21-7-10-23(11-8-21)44-31(32,33)34/h6-15,17,20H,5,16H2,1-4H3,(H,36,42). The molecule has 4 aromatic rings. The fraction of sp³-hybridized carbons (Fsp3) is 0.258. The molecule has 1 aliphatic rings. The molecule has 234 valence electrons. The molecule has 0 bridgehead atoms. The van der Waals surface area contributed by atoms with Crippen molar-refractivity contribution in [1.82, 2.24) is 14.8 Å². The first kappa shape index (κ1) is 31.7. The van der Waals surface area contributed by atoms with Crippen LogP contribution >= 0.6 is 11.8 Å². The van der Waals surface area contributed by atoms with Gasteiger partial charge in [-0.25, -0.2) is 14.5 Å². The van der Waals surface area contributed by atoms with Crippen LogP contribution in [0.25, 0.3) is 17.1 Å². The quantitative estimate of drug-likeness (QED) is 0.217. The Morgan fingerprint density at radius 2 is 1.87 bits per heavy atom. The lowest BCUT2D eigenvalue weighted by Crippen LogP contribution is -2.31. The van der Waals surface area contributed by atoms with E-state index in [0.717, 1.165) is 11.1 Å². The van der Waals surface area contributed by atoms with Gasteiger partial charge in [0.2, 0.25) is 5.91 Å². The lowest BCUT2D eigenvalue weighted by atomic mass is 10.0. The van der Waals surface area contributed by atoms with Gasteiger partial charge < -0.3 is 14.8 Å². The van der Waals surface area contributed by atoms with Crippen LogP contribution in [0.3, 0.4) is 0 Å². The molecule has 3 aromatic carbocycles. The van der Waals surface area contributed by atoms with Crippen LogP contribution < -0.4 is 15.0 Å². The van der Waals surface area contributed by atoms with E-state index >= 15 is 0 Å². The number of thioether (sulfide) groups is 1. The third-order valence-corrected chi connectivity index (χ3v) is 7.72. The van der Waals surface area contributed by atoms with Crippen LogP contribution in [0, 0.1) is 13.8 Å². The largest absolute Gasteiger partial charge is 0.573 e. The zero-order valence-corrected chi connectivity index (χ0v) is 25.6. The number of alkyl halides is 3. The molecule has 1 fully saturated rings. The number of anilines is 2. The average Bonchev–Trinajstić information content (AvgIpc) is 3.61. The molecule has 2 heterocycles. The summed E-state index contributed by atoms with van der Waals surface area (Å²) in [5.74, 6) is -0.0619. The van der Waals surface area contributed by atoms with E-state index in [4.69, 9.17) is 4.74 Å². The van der Waals surface area contributed by atoms with E-state index in [1.165, 1.54) is 51.9 Å². The molecule has 45 heavy (non-hydrogen) atoms. The predicted molar refractivity (Wildman–Crippen MR) is 166 cm³/mol. The van der Waals surface area contributed by atoms with Crippen molar-refractivity contribution < 1.29 is 32.2 Å². The number of benzene rings is 3. The second kappa shape index (κ2) is 13.1. The Hall–Kier alpha value is -4.69. The highest BCUT2D eigenvalue weighted by molar-refractivity contribution is 8.15. The van der Waals surface area contributed by atoms with Gasteiger partial charge in [0, 0.05) is 23.4 Å². The fourth-order valence-electron chi connectivity index (χ4n) is 4.70. The second-order valence-electron chi connectivity index (χ2n) is 10.1. The number of nitrogens with zero attached hydrogens (tertiary/aromatic N) is 5. The van der Waals surface area contributed by atoms with Gasteiger partial charge in [-0.3, -0.25) is 9.69 Å². The van der Waals surface area contributed by atoms with Gasteiger partial charge in [0.15, 0.2) is 11.0 Å². The summed E-state index contributed by atoms with van der Waals surface area (Å²) in [4.78, 5) is 35.9. The summed E-state index contributed by atoms with van der Waals surface area (Å²) < 4.78 is 48.5. The molecule has 3 amide bonds. The minimum atomic E-state index is -4.78. The molecule has 1 saturated heterocycles. The number of halogens is 3. The van der Waals surface area contributed by atoms with Gasteiger partial charge in [-0.2, -0.15) is 4.99 Å². The lowest BCUT2D eigenvalue weighted by Gasteiger charge is -2.23. The number of urea groups is 1. The average molecular weight is 639 g/mol. The second-order valence-corrected chi connectivity index (χ2v) is 11.0. The first-order chi connectivity index (χ1) is 21.4. The van der Waals surface area contributed by atoms with Gasteiger partial charge in [0.05, 0.1) is 23.2 Å². The number of ether oxygens (including phenoxy) is 2. The van der Waals surface area contributed by atoms with Crippen molar-refractivity contribution >= 4 is 40.2 Å². The first-order valence-corrected chi connectivity index (χ1v) is 14.9. The summed E-state index contributed by atoms with van der Waals surface area (Å²) in [5, 5.41) is 7.48. The SMILES string of the molecule is CCOC(C)c1ccc(C)cc1N1C(=O)CSC1=NC(=O)Nc1ccc(-n2cnc(-c3ccc(OC(F)(F)F)cc3)n2)cc1C. The number of aryl methyl sites for hydroxylation is 2. The molecule has 1 aromatic heterocycles. The number of carbonyl (C=O) groups is 2. The molecule has 0 spiro atoms. The summed E-state index contributed by atoms with van der Waals surface area (Å²) in [5.41, 5.74) is 4.78. The Morgan fingerprint density at radius 1 is 1.11 bits per heavy atom. The summed E-state index contributed by atoms with van der Waals surface area (Å²) >= 11 is 1.19. The summed E-state index contributed by atoms with van der Waals surface area (Å²) in [6, 6.07) is 15.6. The Morgan fingerprint density at radius 3 is 2.56 bits per heavy atom. The predicted octanol–water partition coefficient (Wildman–Crippen LogP) is 7.22. The maximum absolute atomic E-state index is 13.0. The highest BCUT2D eigenvalue weighted by Gasteiger charge is 2.33. The lowest BCUT2D eigenvalue weighted by molar-refractivity contribution is -0.274.